The lowest BCUT2D eigenvalue weighted by molar-refractivity contribution is -0.384. The fourth-order valence-electron chi connectivity index (χ4n) is 2.02. The van der Waals surface area contributed by atoms with E-state index in [1.165, 1.54) is 0 Å². The Bertz CT molecular complexity index is 570. The Hall–Kier alpha value is -1.71. The maximum absolute atomic E-state index is 12.6. The first-order chi connectivity index (χ1) is 9.77. The summed E-state index contributed by atoms with van der Waals surface area (Å²) < 4.78 is 49.1. The van der Waals surface area contributed by atoms with Crippen LogP contribution in [-0.4, -0.2) is 31.7 Å². The Morgan fingerprint density at radius 3 is 2.52 bits per heavy atom. The smallest absolute Gasteiger partial charge is 0.377 e. The summed E-state index contributed by atoms with van der Waals surface area (Å²) in [6.45, 7) is 0. The Morgan fingerprint density at radius 1 is 1.38 bits per heavy atom. The van der Waals surface area contributed by atoms with Gasteiger partial charge in [-0.2, -0.15) is 13.2 Å². The number of nitrogens with zero attached hydrogens (tertiary/aromatic N) is 2. The molecule has 0 spiro atoms. The number of halogens is 3. The van der Waals surface area contributed by atoms with E-state index in [2.05, 4.69) is 10.3 Å². The molecule has 1 fully saturated rings. The zero-order valence-corrected chi connectivity index (χ0v) is 11.5. The van der Waals surface area contributed by atoms with Crippen molar-refractivity contribution in [3.63, 3.8) is 0 Å². The highest BCUT2D eigenvalue weighted by Gasteiger charge is 2.34. The van der Waals surface area contributed by atoms with Crippen LogP contribution in [0.25, 0.3) is 0 Å². The van der Waals surface area contributed by atoms with Crippen LogP contribution in [0.2, 0.25) is 0 Å². The Labute approximate surface area is 120 Å². The van der Waals surface area contributed by atoms with Crippen molar-refractivity contribution in [3.8, 4) is 0 Å². The van der Waals surface area contributed by atoms with Crippen LogP contribution in [0, 0.1) is 10.1 Å². The van der Waals surface area contributed by atoms with Crippen LogP contribution in [0.4, 0.5) is 24.5 Å². The summed E-state index contributed by atoms with van der Waals surface area (Å²) in [5, 5.41) is 13.6. The van der Waals surface area contributed by atoms with Gasteiger partial charge >= 0.3 is 11.9 Å². The fourth-order valence-corrected chi connectivity index (χ4v) is 3.32. The molecule has 0 aliphatic carbocycles. The monoisotopic (exact) mass is 323 g/mol. The molecule has 116 valence electrons. The number of nitro groups is 1. The van der Waals surface area contributed by atoms with Gasteiger partial charge in [-0.3, -0.25) is 14.3 Å². The van der Waals surface area contributed by atoms with Gasteiger partial charge in [0.1, 0.15) is 17.6 Å². The molecular weight excluding hydrogens is 311 g/mol. The van der Waals surface area contributed by atoms with E-state index in [-0.39, 0.29) is 11.7 Å². The normalized spacial score (nSPS) is 22.8. The van der Waals surface area contributed by atoms with Gasteiger partial charge < -0.3 is 5.32 Å². The largest absolute Gasteiger partial charge is 0.433 e. The summed E-state index contributed by atoms with van der Waals surface area (Å²) in [6.07, 6.45) is -3.08. The first kappa shape index (κ1) is 15.7. The molecule has 1 aliphatic rings. The third kappa shape index (κ3) is 3.90. The average Bonchev–Trinajstić information content (AvgIpc) is 2.40. The summed E-state index contributed by atoms with van der Waals surface area (Å²) in [4.78, 5) is 13.2. The molecule has 0 amide bonds. The first-order valence-corrected chi connectivity index (χ1v) is 7.59. The Morgan fingerprint density at radius 2 is 2.00 bits per heavy atom. The number of pyridine rings is 1. The van der Waals surface area contributed by atoms with E-state index in [0.29, 0.717) is 36.6 Å². The molecule has 1 saturated heterocycles. The van der Waals surface area contributed by atoms with Crippen LogP contribution in [0.1, 0.15) is 18.5 Å². The molecule has 1 N–H and O–H groups in total. The lowest BCUT2D eigenvalue weighted by Crippen LogP contribution is -2.29. The van der Waals surface area contributed by atoms with Crippen molar-refractivity contribution in [2.45, 2.75) is 25.1 Å². The number of rotatable bonds is 3. The van der Waals surface area contributed by atoms with Crippen molar-refractivity contribution in [2.24, 2.45) is 0 Å². The zero-order valence-electron chi connectivity index (χ0n) is 10.7. The zero-order chi connectivity index (χ0) is 15.6. The van der Waals surface area contributed by atoms with Crippen LogP contribution in [0.5, 0.6) is 0 Å². The number of anilines is 1. The standard InChI is InChI=1S/C11H12F3N3O3S/c12-11(13,14)10-5-8(9(6-15-10)17(18)19)16-7-1-3-21(20)4-2-7/h5-7H,1-4H2,(H,15,16). The third-order valence-electron chi connectivity index (χ3n) is 3.12. The van der Waals surface area contributed by atoms with E-state index in [9.17, 15) is 27.5 Å². The van der Waals surface area contributed by atoms with E-state index in [1.807, 2.05) is 0 Å². The summed E-state index contributed by atoms with van der Waals surface area (Å²) in [5.41, 5.74) is -1.90. The van der Waals surface area contributed by atoms with Crippen LogP contribution in [0.15, 0.2) is 12.3 Å². The van der Waals surface area contributed by atoms with Crippen LogP contribution in [-0.2, 0) is 17.0 Å². The Kier molecular flexibility index (Phi) is 4.45. The third-order valence-corrected chi connectivity index (χ3v) is 4.50. The summed E-state index contributed by atoms with van der Waals surface area (Å²) in [6, 6.07) is 0.411. The SMILES string of the molecule is O=[N+]([O-])c1cnc(C(F)(F)F)cc1NC1CCS(=O)CC1. The van der Waals surface area contributed by atoms with E-state index >= 15 is 0 Å². The summed E-state index contributed by atoms with van der Waals surface area (Å²) in [7, 11) is -0.918. The molecule has 0 saturated carbocycles. The van der Waals surface area contributed by atoms with Gasteiger partial charge in [-0.25, -0.2) is 4.98 Å². The molecule has 1 aromatic rings. The molecule has 10 heteroatoms. The number of nitrogens with one attached hydrogen (secondary N) is 1. The fraction of sp³-hybridized carbons (Fsp3) is 0.545. The van der Waals surface area contributed by atoms with E-state index < -0.39 is 33.3 Å². The summed E-state index contributed by atoms with van der Waals surface area (Å²) >= 11 is 0. The van der Waals surface area contributed by atoms with Crippen molar-refractivity contribution in [3.05, 3.63) is 28.1 Å². The second-order valence-corrected chi connectivity index (χ2v) is 6.30. The second-order valence-electron chi connectivity index (χ2n) is 4.61. The minimum atomic E-state index is -4.67. The molecule has 2 rings (SSSR count). The van der Waals surface area contributed by atoms with Crippen molar-refractivity contribution in [2.75, 3.05) is 16.8 Å². The average molecular weight is 323 g/mol. The minimum Gasteiger partial charge on any atom is -0.377 e. The highest BCUT2D eigenvalue weighted by atomic mass is 32.2. The topological polar surface area (TPSA) is 85.1 Å². The predicted octanol–water partition coefficient (Wildman–Crippen LogP) is 2.33. The van der Waals surface area contributed by atoms with Gasteiger partial charge in [0.2, 0.25) is 0 Å². The lowest BCUT2D eigenvalue weighted by Gasteiger charge is -2.23. The number of alkyl halides is 3. The maximum Gasteiger partial charge on any atom is 0.433 e. The van der Waals surface area contributed by atoms with Gasteiger partial charge in [-0.15, -0.1) is 0 Å². The maximum atomic E-state index is 12.6. The highest BCUT2D eigenvalue weighted by molar-refractivity contribution is 7.85. The number of hydrogen-bond donors (Lipinski definition) is 1. The van der Waals surface area contributed by atoms with Crippen LogP contribution < -0.4 is 5.32 Å². The Balaban J connectivity index is 2.26. The lowest BCUT2D eigenvalue weighted by atomic mass is 10.1. The molecule has 0 bridgehead atoms. The predicted molar refractivity (Wildman–Crippen MR) is 70.4 cm³/mol. The van der Waals surface area contributed by atoms with Gasteiger partial charge in [-0.1, -0.05) is 0 Å². The van der Waals surface area contributed by atoms with Crippen LogP contribution >= 0.6 is 0 Å². The molecule has 0 aromatic carbocycles. The molecular formula is C11H12F3N3O3S. The van der Waals surface area contributed by atoms with Crippen molar-refractivity contribution < 1.29 is 22.3 Å². The molecule has 0 unspecified atom stereocenters. The number of aromatic nitrogens is 1. The minimum absolute atomic E-state index is 0.208. The number of hydrogen-bond acceptors (Lipinski definition) is 5. The molecule has 1 aromatic heterocycles. The molecule has 0 atom stereocenters. The summed E-state index contributed by atoms with van der Waals surface area (Å²) in [5.74, 6) is 0.866. The quantitative estimate of drug-likeness (QED) is 0.681. The van der Waals surface area contributed by atoms with Gasteiger partial charge in [-0.05, 0) is 18.9 Å². The van der Waals surface area contributed by atoms with Crippen molar-refractivity contribution >= 4 is 22.2 Å². The van der Waals surface area contributed by atoms with E-state index in [4.69, 9.17) is 0 Å². The molecule has 2 heterocycles. The van der Waals surface area contributed by atoms with Gasteiger partial charge in [0.25, 0.3) is 0 Å². The van der Waals surface area contributed by atoms with Crippen molar-refractivity contribution in [1.82, 2.24) is 4.98 Å². The first-order valence-electron chi connectivity index (χ1n) is 6.10. The van der Waals surface area contributed by atoms with E-state index in [0.717, 1.165) is 0 Å². The molecule has 6 nitrogen and oxygen atoms in total. The molecule has 0 radical (unpaired) electrons. The highest BCUT2D eigenvalue weighted by Crippen LogP contribution is 2.33. The van der Waals surface area contributed by atoms with Gasteiger partial charge in [0.15, 0.2) is 0 Å². The molecule has 21 heavy (non-hydrogen) atoms. The van der Waals surface area contributed by atoms with Crippen molar-refractivity contribution in [1.29, 1.82) is 0 Å². The van der Waals surface area contributed by atoms with Crippen LogP contribution in [0.3, 0.4) is 0 Å². The van der Waals surface area contributed by atoms with Gasteiger partial charge in [0.05, 0.1) is 4.92 Å². The van der Waals surface area contributed by atoms with Gasteiger partial charge in [0, 0.05) is 28.3 Å². The second kappa shape index (κ2) is 5.96. The van der Waals surface area contributed by atoms with E-state index in [1.54, 1.807) is 0 Å². The molecule has 1 aliphatic heterocycles.